The van der Waals surface area contributed by atoms with Crippen molar-refractivity contribution in [3.63, 3.8) is 0 Å². The Labute approximate surface area is 113 Å². The first kappa shape index (κ1) is 14.0. The third-order valence-corrected chi connectivity index (χ3v) is 3.88. The minimum Gasteiger partial charge on any atom is -0.468 e. The molecule has 1 saturated heterocycles. The van der Waals surface area contributed by atoms with Gasteiger partial charge in [-0.15, -0.1) is 0 Å². The summed E-state index contributed by atoms with van der Waals surface area (Å²) in [7, 11) is 1.37. The molecule has 0 saturated carbocycles. The van der Waals surface area contributed by atoms with Gasteiger partial charge in [0.1, 0.15) is 11.5 Å². The normalized spacial score (nSPS) is 27.3. The minimum absolute atomic E-state index is 0.157. The van der Waals surface area contributed by atoms with Crippen LogP contribution < -0.4 is 0 Å². The molecule has 19 heavy (non-hydrogen) atoms. The van der Waals surface area contributed by atoms with Crippen molar-refractivity contribution in [2.24, 2.45) is 5.41 Å². The largest absolute Gasteiger partial charge is 0.468 e. The van der Waals surface area contributed by atoms with Gasteiger partial charge in [0.15, 0.2) is 5.79 Å². The van der Waals surface area contributed by atoms with Gasteiger partial charge in [0.2, 0.25) is 0 Å². The summed E-state index contributed by atoms with van der Waals surface area (Å²) in [6, 6.07) is 9.85. The second-order valence-corrected chi connectivity index (χ2v) is 5.39. The topological polar surface area (TPSA) is 44.8 Å². The Morgan fingerprint density at radius 3 is 2.58 bits per heavy atom. The van der Waals surface area contributed by atoms with Crippen LogP contribution in [0.15, 0.2) is 30.3 Å². The van der Waals surface area contributed by atoms with E-state index in [1.807, 2.05) is 30.3 Å². The molecule has 2 rings (SSSR count). The van der Waals surface area contributed by atoms with Crippen molar-refractivity contribution in [3.05, 3.63) is 35.9 Å². The predicted molar refractivity (Wildman–Crippen MR) is 70.4 cm³/mol. The number of ether oxygens (including phenoxy) is 3. The standard InChI is InChI=1S/C15H20O4/c1-14(2,13(16)17-4)15(3)18-10-12(19-15)11-8-6-5-7-9-11/h5-9,12H,10H2,1-4H3/t12-,15+/m1/s1. The lowest BCUT2D eigenvalue weighted by Gasteiger charge is -2.37. The van der Waals surface area contributed by atoms with Crippen LogP contribution >= 0.6 is 0 Å². The van der Waals surface area contributed by atoms with E-state index in [0.29, 0.717) is 6.61 Å². The zero-order valence-corrected chi connectivity index (χ0v) is 11.8. The van der Waals surface area contributed by atoms with Gasteiger partial charge in [0.25, 0.3) is 0 Å². The van der Waals surface area contributed by atoms with Crippen LogP contribution in [0.2, 0.25) is 0 Å². The Hall–Kier alpha value is -1.39. The summed E-state index contributed by atoms with van der Waals surface area (Å²) in [6.07, 6.45) is -0.157. The molecule has 1 aliphatic heterocycles. The van der Waals surface area contributed by atoms with Crippen LogP contribution in [0, 0.1) is 5.41 Å². The van der Waals surface area contributed by atoms with E-state index in [0.717, 1.165) is 5.56 Å². The molecule has 0 N–H and O–H groups in total. The Morgan fingerprint density at radius 2 is 2.00 bits per heavy atom. The van der Waals surface area contributed by atoms with E-state index in [1.54, 1.807) is 20.8 Å². The van der Waals surface area contributed by atoms with Crippen LogP contribution in [-0.4, -0.2) is 25.5 Å². The number of esters is 1. The second-order valence-electron chi connectivity index (χ2n) is 5.39. The molecule has 0 spiro atoms. The van der Waals surface area contributed by atoms with Crippen LogP contribution in [0.25, 0.3) is 0 Å². The molecule has 0 radical (unpaired) electrons. The number of carbonyl (C=O) groups is 1. The molecule has 1 aliphatic rings. The van der Waals surface area contributed by atoms with Gasteiger partial charge in [-0.25, -0.2) is 0 Å². The van der Waals surface area contributed by atoms with Crippen molar-refractivity contribution in [1.82, 2.24) is 0 Å². The van der Waals surface area contributed by atoms with Gasteiger partial charge in [-0.2, -0.15) is 0 Å². The quantitative estimate of drug-likeness (QED) is 0.787. The summed E-state index contributed by atoms with van der Waals surface area (Å²) < 4.78 is 16.6. The number of methoxy groups -OCH3 is 1. The van der Waals surface area contributed by atoms with Crippen LogP contribution in [-0.2, 0) is 19.0 Å². The molecule has 0 aliphatic carbocycles. The molecule has 4 nitrogen and oxygen atoms in total. The van der Waals surface area contributed by atoms with Gasteiger partial charge in [-0.1, -0.05) is 30.3 Å². The lowest BCUT2D eigenvalue weighted by Crippen LogP contribution is -2.48. The van der Waals surface area contributed by atoms with Crippen LogP contribution in [0.1, 0.15) is 32.4 Å². The molecule has 0 unspecified atom stereocenters. The van der Waals surface area contributed by atoms with Gasteiger partial charge >= 0.3 is 5.97 Å². The fourth-order valence-electron chi connectivity index (χ4n) is 2.17. The second kappa shape index (κ2) is 4.94. The SMILES string of the molecule is COC(=O)C(C)(C)[C@@]1(C)OC[C@H](c2ccccc2)O1. The first-order valence-electron chi connectivity index (χ1n) is 6.36. The molecule has 1 heterocycles. The number of carbonyl (C=O) groups excluding carboxylic acids is 1. The van der Waals surface area contributed by atoms with E-state index in [4.69, 9.17) is 14.2 Å². The Kier molecular flexibility index (Phi) is 3.65. The van der Waals surface area contributed by atoms with Gasteiger partial charge < -0.3 is 14.2 Å². The summed E-state index contributed by atoms with van der Waals surface area (Å²) in [4.78, 5) is 11.9. The van der Waals surface area contributed by atoms with Crippen LogP contribution in [0.5, 0.6) is 0 Å². The molecule has 1 aromatic carbocycles. The van der Waals surface area contributed by atoms with Gasteiger partial charge in [-0.3, -0.25) is 4.79 Å². The van der Waals surface area contributed by atoms with E-state index in [1.165, 1.54) is 7.11 Å². The summed E-state index contributed by atoms with van der Waals surface area (Å²) in [5.41, 5.74) is 0.178. The molecule has 4 heteroatoms. The zero-order valence-electron chi connectivity index (χ0n) is 11.8. The average Bonchev–Trinajstić information content (AvgIpc) is 2.83. The lowest BCUT2D eigenvalue weighted by molar-refractivity contribution is -0.231. The minimum atomic E-state index is -0.986. The predicted octanol–water partition coefficient (Wildman–Crippen LogP) is 2.69. The first-order valence-corrected chi connectivity index (χ1v) is 6.36. The number of hydrogen-bond donors (Lipinski definition) is 0. The van der Waals surface area contributed by atoms with Crippen molar-refractivity contribution in [3.8, 4) is 0 Å². The van der Waals surface area contributed by atoms with Crippen molar-refractivity contribution < 1.29 is 19.0 Å². The molecule has 1 aromatic rings. The molecular weight excluding hydrogens is 244 g/mol. The summed E-state index contributed by atoms with van der Waals surface area (Å²) in [5, 5.41) is 0. The average molecular weight is 264 g/mol. The maximum absolute atomic E-state index is 11.9. The van der Waals surface area contributed by atoms with Crippen molar-refractivity contribution >= 4 is 5.97 Å². The Morgan fingerprint density at radius 1 is 1.37 bits per heavy atom. The molecule has 0 bridgehead atoms. The van der Waals surface area contributed by atoms with E-state index >= 15 is 0 Å². The summed E-state index contributed by atoms with van der Waals surface area (Å²) >= 11 is 0. The molecule has 0 amide bonds. The fourth-order valence-corrected chi connectivity index (χ4v) is 2.17. The molecule has 2 atom stereocenters. The van der Waals surface area contributed by atoms with E-state index < -0.39 is 11.2 Å². The van der Waals surface area contributed by atoms with Gasteiger partial charge in [0, 0.05) is 0 Å². The van der Waals surface area contributed by atoms with Crippen molar-refractivity contribution in [2.45, 2.75) is 32.7 Å². The van der Waals surface area contributed by atoms with Gasteiger partial charge in [-0.05, 0) is 26.3 Å². The summed E-state index contributed by atoms with van der Waals surface area (Å²) in [5.74, 6) is -1.33. The highest BCUT2D eigenvalue weighted by molar-refractivity contribution is 5.77. The van der Waals surface area contributed by atoms with E-state index in [-0.39, 0.29) is 12.1 Å². The smallest absolute Gasteiger partial charge is 0.316 e. The number of benzene rings is 1. The first-order chi connectivity index (χ1) is 8.90. The van der Waals surface area contributed by atoms with Crippen LogP contribution in [0.3, 0.4) is 0 Å². The van der Waals surface area contributed by atoms with Crippen LogP contribution in [0.4, 0.5) is 0 Å². The third-order valence-electron chi connectivity index (χ3n) is 3.88. The number of hydrogen-bond acceptors (Lipinski definition) is 4. The lowest BCUT2D eigenvalue weighted by atomic mass is 9.84. The highest BCUT2D eigenvalue weighted by Crippen LogP contribution is 2.44. The monoisotopic (exact) mass is 264 g/mol. The van der Waals surface area contributed by atoms with Gasteiger partial charge in [0.05, 0.1) is 13.7 Å². The maximum atomic E-state index is 11.9. The summed E-state index contributed by atoms with van der Waals surface area (Å²) in [6.45, 7) is 5.76. The number of rotatable bonds is 3. The van der Waals surface area contributed by atoms with E-state index in [2.05, 4.69) is 0 Å². The highest BCUT2D eigenvalue weighted by Gasteiger charge is 2.54. The molecular formula is C15H20O4. The fraction of sp³-hybridized carbons (Fsp3) is 0.533. The highest BCUT2D eigenvalue weighted by atomic mass is 16.7. The van der Waals surface area contributed by atoms with Crippen molar-refractivity contribution in [1.29, 1.82) is 0 Å². The van der Waals surface area contributed by atoms with E-state index in [9.17, 15) is 4.79 Å². The molecule has 104 valence electrons. The molecule has 0 aromatic heterocycles. The van der Waals surface area contributed by atoms with Crippen molar-refractivity contribution in [2.75, 3.05) is 13.7 Å². The molecule has 1 fully saturated rings. The Bertz CT molecular complexity index is 454. The Balaban J connectivity index is 2.19. The zero-order chi connectivity index (χ0) is 14.1. The maximum Gasteiger partial charge on any atom is 0.316 e. The third kappa shape index (κ3) is 2.38.